The van der Waals surface area contributed by atoms with Crippen molar-refractivity contribution < 1.29 is 85.4 Å². The van der Waals surface area contributed by atoms with E-state index >= 15 is 0 Å². The van der Waals surface area contributed by atoms with E-state index in [0.717, 1.165) is 5.56 Å². The molecule has 1 aliphatic heterocycles. The summed E-state index contributed by atoms with van der Waals surface area (Å²) < 4.78 is 10.7. The molecule has 1 heterocycles. The summed E-state index contributed by atoms with van der Waals surface area (Å²) in [5.74, 6) is -2.81. The normalized spacial score (nSPS) is 17.5. The van der Waals surface area contributed by atoms with Crippen LogP contribution in [0.2, 0.25) is 0 Å². The summed E-state index contributed by atoms with van der Waals surface area (Å²) in [5.41, 5.74) is 0.0922. The number of carbonyl (C=O) groups excluding carboxylic acids is 2. The predicted molar refractivity (Wildman–Crippen MR) is 143 cm³/mol. The van der Waals surface area contributed by atoms with E-state index in [1.165, 1.54) is 7.11 Å². The fraction of sp³-hybridized carbons (Fsp3) is 0.630. The first-order valence-corrected chi connectivity index (χ1v) is 13.1. The van der Waals surface area contributed by atoms with E-state index in [4.69, 9.17) is 9.47 Å². The van der Waals surface area contributed by atoms with Gasteiger partial charge in [0, 0.05) is 52.4 Å². The van der Waals surface area contributed by atoms with Gasteiger partial charge >= 0.3 is 53.4 Å². The Morgan fingerprint density at radius 3 is 1.59 bits per heavy atom. The molecule has 2 N–H and O–H groups in total. The Labute approximate surface area is 275 Å². The Morgan fingerprint density at radius 2 is 1.20 bits per heavy atom. The van der Waals surface area contributed by atoms with E-state index in [9.17, 15) is 29.4 Å². The summed E-state index contributed by atoms with van der Waals surface area (Å²) in [5, 5.41) is 18.9. The van der Waals surface area contributed by atoms with Gasteiger partial charge in [0.1, 0.15) is 11.6 Å². The third-order valence-electron chi connectivity index (χ3n) is 6.27. The summed E-state index contributed by atoms with van der Waals surface area (Å²) in [7, 11) is 1.33. The molecule has 0 saturated carbocycles. The third-order valence-corrected chi connectivity index (χ3v) is 6.27. The summed E-state index contributed by atoms with van der Waals surface area (Å²) >= 11 is 0. The molecule has 0 radical (unpaired) electrons. The van der Waals surface area contributed by atoms with Gasteiger partial charge in [-0.1, -0.05) is 30.3 Å². The second kappa shape index (κ2) is 19.6. The minimum absolute atomic E-state index is 0. The number of esters is 2. The van der Waals surface area contributed by atoms with Crippen LogP contribution in [0.25, 0.3) is 0 Å². The molecule has 0 spiro atoms. The molecular formula is C27H42BrN4NaO8. The maximum Gasteiger partial charge on any atom is 1.00 e. The smallest absolute Gasteiger partial charge is 1.00 e. The first-order valence-electron chi connectivity index (χ1n) is 13.1. The Balaban J connectivity index is 0.00000800. The van der Waals surface area contributed by atoms with Gasteiger partial charge in [-0.05, 0) is 26.3 Å². The Hall–Kier alpha value is -1.58. The Bertz CT molecular complexity index is 966. The molecule has 0 amide bonds. The molecule has 0 aromatic heterocycles. The van der Waals surface area contributed by atoms with Crippen molar-refractivity contribution in [2.24, 2.45) is 0 Å². The van der Waals surface area contributed by atoms with Gasteiger partial charge in [-0.2, -0.15) is 0 Å². The quantitative estimate of drug-likeness (QED) is 0.194. The number of carboxylic acids is 2. The van der Waals surface area contributed by atoms with Crippen LogP contribution in [0, 0.1) is 0 Å². The topological polar surface area (TPSA) is 140 Å². The van der Waals surface area contributed by atoms with Crippen LogP contribution in [0.1, 0.15) is 32.4 Å². The molecule has 0 aliphatic carbocycles. The number of hydrogen-bond acceptors (Lipinski definition) is 10. The number of nitrogens with zero attached hydrogens (tertiary/aromatic N) is 4. The van der Waals surface area contributed by atoms with Crippen LogP contribution in [0.5, 0.6) is 0 Å². The molecule has 41 heavy (non-hydrogen) atoms. The number of rotatable bonds is 9. The van der Waals surface area contributed by atoms with Crippen molar-refractivity contribution in [3.05, 3.63) is 35.9 Å². The van der Waals surface area contributed by atoms with E-state index in [1.807, 2.05) is 40.1 Å². The molecule has 2 rings (SSSR count). The van der Waals surface area contributed by atoms with Gasteiger partial charge in [0.2, 0.25) is 0 Å². The van der Waals surface area contributed by atoms with Gasteiger partial charge in [0.05, 0.1) is 26.7 Å². The molecular weight excluding hydrogens is 611 g/mol. The zero-order chi connectivity index (χ0) is 29.0. The standard InChI is InChI=1S/C27H42N4O8.BrH.Na/c1-27(2,3)39-24(36)20-30-13-12-28(18-22(32)33)10-11-29(19-23(34)35)14-16-31(17-15-30)25(26(37)38-4)21-8-6-5-7-9-21;;/h5-9,25H,10-20H2,1-4H3,(H,32,33)(H,34,35);1H;/q;;+1/p-1. The Morgan fingerprint density at radius 1 is 0.780 bits per heavy atom. The first-order chi connectivity index (χ1) is 18.4. The third kappa shape index (κ3) is 15.5. The van der Waals surface area contributed by atoms with Crippen molar-refractivity contribution in [3.63, 3.8) is 0 Å². The van der Waals surface area contributed by atoms with Crippen LogP contribution in [-0.2, 0) is 28.7 Å². The average molecular weight is 654 g/mol. The van der Waals surface area contributed by atoms with E-state index in [-0.39, 0.29) is 66.2 Å². The van der Waals surface area contributed by atoms with Crippen LogP contribution in [0.15, 0.2) is 30.3 Å². The van der Waals surface area contributed by atoms with Gasteiger partial charge in [0.15, 0.2) is 0 Å². The summed E-state index contributed by atoms with van der Waals surface area (Å²) in [4.78, 5) is 56.0. The minimum atomic E-state index is -0.991. The molecule has 1 aromatic carbocycles. The molecule has 1 atom stereocenters. The van der Waals surface area contributed by atoms with Gasteiger partial charge in [-0.25, -0.2) is 4.79 Å². The van der Waals surface area contributed by atoms with E-state index < -0.39 is 35.5 Å². The van der Waals surface area contributed by atoms with Crippen molar-refractivity contribution in [1.82, 2.24) is 19.6 Å². The first kappa shape index (κ1) is 39.4. The van der Waals surface area contributed by atoms with Crippen LogP contribution in [0.3, 0.4) is 0 Å². The number of methoxy groups -OCH3 is 1. The molecule has 226 valence electrons. The molecule has 12 nitrogen and oxygen atoms in total. The van der Waals surface area contributed by atoms with E-state index in [0.29, 0.717) is 52.4 Å². The number of aliphatic carboxylic acids is 2. The number of benzene rings is 1. The molecule has 14 heteroatoms. The zero-order valence-electron chi connectivity index (χ0n) is 24.8. The average Bonchev–Trinajstić information content (AvgIpc) is 2.84. The van der Waals surface area contributed by atoms with Gasteiger partial charge < -0.3 is 36.7 Å². The fourth-order valence-electron chi connectivity index (χ4n) is 4.47. The molecule has 1 saturated heterocycles. The maximum atomic E-state index is 13.0. The number of ether oxygens (including phenoxy) is 2. The number of carbonyl (C=O) groups is 4. The van der Waals surface area contributed by atoms with Crippen molar-refractivity contribution in [2.75, 3.05) is 79.1 Å². The van der Waals surface area contributed by atoms with Crippen LogP contribution >= 0.6 is 0 Å². The maximum absolute atomic E-state index is 13.0. The molecule has 1 fully saturated rings. The summed E-state index contributed by atoms with van der Waals surface area (Å²) in [6.07, 6.45) is 0. The van der Waals surface area contributed by atoms with E-state index in [1.54, 1.807) is 30.6 Å². The number of carboxylic acid groups (broad SMARTS) is 2. The van der Waals surface area contributed by atoms with Crippen molar-refractivity contribution in [1.29, 1.82) is 0 Å². The van der Waals surface area contributed by atoms with Crippen LogP contribution in [-0.4, -0.2) is 138 Å². The summed E-state index contributed by atoms with van der Waals surface area (Å²) in [6.45, 7) is 7.81. The molecule has 0 bridgehead atoms. The van der Waals surface area contributed by atoms with Gasteiger partial charge in [-0.3, -0.25) is 34.0 Å². The van der Waals surface area contributed by atoms with Crippen molar-refractivity contribution in [3.8, 4) is 0 Å². The molecule has 1 aromatic rings. The SMILES string of the molecule is COC(=O)C(c1ccccc1)N1CCN(CC(=O)O)CCN(CC(=O)O)CCN(CC(=O)OC(C)(C)C)CC1.[Br-].[Na+]. The van der Waals surface area contributed by atoms with Gasteiger partial charge in [-0.15, -0.1) is 0 Å². The van der Waals surface area contributed by atoms with Crippen LogP contribution in [0.4, 0.5) is 0 Å². The van der Waals surface area contributed by atoms with Crippen molar-refractivity contribution >= 4 is 23.9 Å². The minimum Gasteiger partial charge on any atom is -1.00 e. The van der Waals surface area contributed by atoms with Gasteiger partial charge in [0.25, 0.3) is 0 Å². The van der Waals surface area contributed by atoms with E-state index in [2.05, 4.69) is 0 Å². The van der Waals surface area contributed by atoms with Crippen molar-refractivity contribution in [2.45, 2.75) is 32.4 Å². The largest absolute Gasteiger partial charge is 1.00 e. The fourth-order valence-corrected chi connectivity index (χ4v) is 4.47. The van der Waals surface area contributed by atoms with Crippen LogP contribution < -0.4 is 46.5 Å². The molecule has 1 unspecified atom stereocenters. The summed E-state index contributed by atoms with van der Waals surface area (Å²) in [6, 6.07) is 8.49. The Kier molecular flexibility index (Phi) is 18.8. The zero-order valence-corrected chi connectivity index (χ0v) is 28.3. The number of halogens is 1. The second-order valence-corrected chi connectivity index (χ2v) is 10.6. The monoisotopic (exact) mass is 652 g/mol. The predicted octanol–water partition coefficient (Wildman–Crippen LogP) is -5.36. The second-order valence-electron chi connectivity index (χ2n) is 10.6. The number of hydrogen-bond donors (Lipinski definition) is 2. The molecule has 1 aliphatic rings.